The minimum absolute atomic E-state index is 0.385. The molecule has 0 aliphatic rings. The van der Waals surface area contributed by atoms with Gasteiger partial charge in [0.2, 0.25) is 0 Å². The van der Waals surface area contributed by atoms with E-state index in [0.29, 0.717) is 12.6 Å². The van der Waals surface area contributed by atoms with Crippen molar-refractivity contribution in [3.63, 3.8) is 0 Å². The third-order valence-corrected chi connectivity index (χ3v) is 3.13. The van der Waals surface area contributed by atoms with Crippen LogP contribution in [0.2, 0.25) is 0 Å². The Bertz CT molecular complexity index is 350. The van der Waals surface area contributed by atoms with Crippen molar-refractivity contribution < 1.29 is 4.74 Å². The standard InChI is InChI=1S/C14H24N2O/c1-5-11-10-12(6-7-14(11)17-4)13(8-9-15)16(2)3/h6-7,10,13H,5,8-9,15H2,1-4H3. The Balaban J connectivity index is 3.03. The maximum atomic E-state index is 5.68. The van der Waals surface area contributed by atoms with Crippen LogP contribution >= 0.6 is 0 Å². The highest BCUT2D eigenvalue weighted by Crippen LogP contribution is 2.27. The van der Waals surface area contributed by atoms with Crippen molar-refractivity contribution in [2.24, 2.45) is 5.73 Å². The van der Waals surface area contributed by atoms with Crippen molar-refractivity contribution >= 4 is 0 Å². The summed E-state index contributed by atoms with van der Waals surface area (Å²) in [4.78, 5) is 2.22. The van der Waals surface area contributed by atoms with Crippen molar-refractivity contribution in [3.8, 4) is 5.75 Å². The van der Waals surface area contributed by atoms with Crippen LogP contribution in [0.25, 0.3) is 0 Å². The zero-order valence-corrected chi connectivity index (χ0v) is 11.4. The summed E-state index contributed by atoms with van der Waals surface area (Å²) in [5.41, 5.74) is 8.26. The van der Waals surface area contributed by atoms with Crippen molar-refractivity contribution in [3.05, 3.63) is 29.3 Å². The lowest BCUT2D eigenvalue weighted by molar-refractivity contribution is 0.286. The van der Waals surface area contributed by atoms with Crippen molar-refractivity contribution in [2.45, 2.75) is 25.8 Å². The van der Waals surface area contributed by atoms with Crippen LogP contribution in [0.5, 0.6) is 5.75 Å². The van der Waals surface area contributed by atoms with E-state index in [0.717, 1.165) is 18.6 Å². The Kier molecular flexibility index (Phi) is 5.45. The maximum absolute atomic E-state index is 5.68. The van der Waals surface area contributed by atoms with Gasteiger partial charge in [-0.3, -0.25) is 0 Å². The molecule has 0 aromatic heterocycles. The molecule has 0 heterocycles. The predicted molar refractivity (Wildman–Crippen MR) is 72.5 cm³/mol. The van der Waals surface area contributed by atoms with Crippen molar-refractivity contribution in [2.75, 3.05) is 27.7 Å². The minimum atomic E-state index is 0.385. The molecule has 0 saturated heterocycles. The van der Waals surface area contributed by atoms with E-state index in [2.05, 4.69) is 44.1 Å². The molecular formula is C14H24N2O. The van der Waals surface area contributed by atoms with Gasteiger partial charge in [-0.1, -0.05) is 19.1 Å². The summed E-state index contributed by atoms with van der Waals surface area (Å²) in [6.07, 6.45) is 1.96. The first-order valence-corrected chi connectivity index (χ1v) is 6.17. The number of hydrogen-bond acceptors (Lipinski definition) is 3. The molecule has 3 heteroatoms. The van der Waals surface area contributed by atoms with Gasteiger partial charge in [-0.2, -0.15) is 0 Å². The summed E-state index contributed by atoms with van der Waals surface area (Å²) in [5.74, 6) is 0.974. The Morgan fingerprint density at radius 1 is 1.35 bits per heavy atom. The largest absolute Gasteiger partial charge is 0.496 e. The second-order valence-electron chi connectivity index (χ2n) is 4.48. The van der Waals surface area contributed by atoms with Gasteiger partial charge in [0.1, 0.15) is 5.75 Å². The van der Waals surface area contributed by atoms with Crippen LogP contribution in [0.15, 0.2) is 18.2 Å². The molecule has 2 N–H and O–H groups in total. The van der Waals surface area contributed by atoms with E-state index in [4.69, 9.17) is 10.5 Å². The fraction of sp³-hybridized carbons (Fsp3) is 0.571. The maximum Gasteiger partial charge on any atom is 0.122 e. The first-order valence-electron chi connectivity index (χ1n) is 6.17. The van der Waals surface area contributed by atoms with Crippen LogP contribution in [0, 0.1) is 0 Å². The van der Waals surface area contributed by atoms with E-state index in [1.54, 1.807) is 7.11 Å². The number of benzene rings is 1. The molecule has 0 aliphatic heterocycles. The van der Waals surface area contributed by atoms with Crippen LogP contribution in [-0.4, -0.2) is 32.6 Å². The molecule has 3 nitrogen and oxygen atoms in total. The Morgan fingerprint density at radius 3 is 2.53 bits per heavy atom. The van der Waals surface area contributed by atoms with E-state index in [1.165, 1.54) is 11.1 Å². The molecule has 0 bridgehead atoms. The van der Waals surface area contributed by atoms with Gasteiger partial charge < -0.3 is 15.4 Å². The van der Waals surface area contributed by atoms with E-state index in [9.17, 15) is 0 Å². The van der Waals surface area contributed by atoms with Crippen LogP contribution in [0.4, 0.5) is 0 Å². The van der Waals surface area contributed by atoms with Crippen LogP contribution in [0.3, 0.4) is 0 Å². The molecule has 96 valence electrons. The van der Waals surface area contributed by atoms with Gasteiger partial charge in [0.25, 0.3) is 0 Å². The van der Waals surface area contributed by atoms with Crippen LogP contribution < -0.4 is 10.5 Å². The molecule has 0 aliphatic carbocycles. The normalized spacial score (nSPS) is 12.8. The Morgan fingerprint density at radius 2 is 2.06 bits per heavy atom. The molecule has 0 saturated carbocycles. The number of methoxy groups -OCH3 is 1. The molecule has 0 amide bonds. The van der Waals surface area contributed by atoms with Gasteiger partial charge in [-0.05, 0) is 50.7 Å². The number of nitrogens with two attached hydrogens (primary N) is 1. The van der Waals surface area contributed by atoms with Crippen LogP contribution in [0.1, 0.15) is 30.5 Å². The fourth-order valence-corrected chi connectivity index (χ4v) is 2.16. The number of nitrogens with zero attached hydrogens (tertiary/aromatic N) is 1. The highest BCUT2D eigenvalue weighted by Gasteiger charge is 2.14. The average molecular weight is 236 g/mol. The molecule has 0 fully saturated rings. The second-order valence-corrected chi connectivity index (χ2v) is 4.48. The molecule has 1 aromatic rings. The number of aryl methyl sites for hydroxylation is 1. The third kappa shape index (κ3) is 3.45. The number of ether oxygens (including phenoxy) is 1. The lowest BCUT2D eigenvalue weighted by atomic mass is 9.99. The number of hydrogen-bond donors (Lipinski definition) is 1. The molecule has 1 unspecified atom stereocenters. The van der Waals surface area contributed by atoms with Gasteiger partial charge in [-0.15, -0.1) is 0 Å². The summed E-state index contributed by atoms with van der Waals surface area (Å²) in [6, 6.07) is 6.81. The first-order chi connectivity index (χ1) is 8.13. The fourth-order valence-electron chi connectivity index (χ4n) is 2.16. The van der Waals surface area contributed by atoms with E-state index in [1.807, 2.05) is 0 Å². The smallest absolute Gasteiger partial charge is 0.122 e. The molecule has 17 heavy (non-hydrogen) atoms. The summed E-state index contributed by atoms with van der Waals surface area (Å²) in [7, 11) is 5.91. The Hall–Kier alpha value is -1.06. The topological polar surface area (TPSA) is 38.5 Å². The molecule has 1 rings (SSSR count). The number of rotatable bonds is 6. The van der Waals surface area contributed by atoms with Crippen molar-refractivity contribution in [1.82, 2.24) is 4.90 Å². The first kappa shape index (κ1) is 14.0. The van der Waals surface area contributed by atoms with Gasteiger partial charge >= 0.3 is 0 Å². The molecular weight excluding hydrogens is 212 g/mol. The summed E-state index contributed by atoms with van der Waals surface area (Å²) < 4.78 is 5.35. The average Bonchev–Trinajstić information content (AvgIpc) is 2.34. The SMILES string of the molecule is CCc1cc(C(CCN)N(C)C)ccc1OC. The van der Waals surface area contributed by atoms with Crippen LogP contribution in [-0.2, 0) is 6.42 Å². The zero-order chi connectivity index (χ0) is 12.8. The summed E-state index contributed by atoms with van der Waals surface area (Å²) in [6.45, 7) is 2.85. The minimum Gasteiger partial charge on any atom is -0.496 e. The lowest BCUT2D eigenvalue weighted by Gasteiger charge is -2.25. The quantitative estimate of drug-likeness (QED) is 0.823. The third-order valence-electron chi connectivity index (χ3n) is 3.13. The van der Waals surface area contributed by atoms with Gasteiger partial charge in [0.15, 0.2) is 0 Å². The summed E-state index contributed by atoms with van der Waals surface area (Å²) >= 11 is 0. The summed E-state index contributed by atoms with van der Waals surface area (Å²) in [5, 5.41) is 0. The molecule has 1 atom stereocenters. The van der Waals surface area contributed by atoms with Gasteiger partial charge in [0, 0.05) is 6.04 Å². The molecule has 1 aromatic carbocycles. The monoisotopic (exact) mass is 236 g/mol. The Labute approximate surface area is 105 Å². The predicted octanol–water partition coefficient (Wildman–Crippen LogP) is 2.21. The second kappa shape index (κ2) is 6.62. The van der Waals surface area contributed by atoms with Gasteiger partial charge in [0.05, 0.1) is 7.11 Å². The van der Waals surface area contributed by atoms with E-state index in [-0.39, 0.29) is 0 Å². The lowest BCUT2D eigenvalue weighted by Crippen LogP contribution is -2.22. The highest BCUT2D eigenvalue weighted by atomic mass is 16.5. The zero-order valence-electron chi connectivity index (χ0n) is 11.4. The highest BCUT2D eigenvalue weighted by molar-refractivity contribution is 5.38. The van der Waals surface area contributed by atoms with E-state index >= 15 is 0 Å². The van der Waals surface area contributed by atoms with Crippen molar-refractivity contribution in [1.29, 1.82) is 0 Å². The molecule has 0 spiro atoms. The van der Waals surface area contributed by atoms with Gasteiger partial charge in [-0.25, -0.2) is 0 Å². The van der Waals surface area contributed by atoms with E-state index < -0.39 is 0 Å². The molecule has 0 radical (unpaired) electrons.